The molecular weight excluding hydrogens is 282 g/mol. The summed E-state index contributed by atoms with van der Waals surface area (Å²) in [7, 11) is 0. The molecule has 114 valence electrons. The van der Waals surface area contributed by atoms with E-state index in [1.54, 1.807) is 0 Å². The summed E-state index contributed by atoms with van der Waals surface area (Å²) in [6.45, 7) is 3.81. The van der Waals surface area contributed by atoms with E-state index in [0.29, 0.717) is 24.3 Å². The van der Waals surface area contributed by atoms with Gasteiger partial charge >= 0.3 is 12.0 Å². The standard InChI is InChI=1S/C12H21N3O4S/c1-7(2)5-8(14-11(13)19)9(16)15-12(10(17)18)3-4-20-6-12/h7-8H,3-6H2,1-2H3,(H,15,16)(H,17,18)(H3,13,14,19). The highest BCUT2D eigenvalue weighted by atomic mass is 32.2. The largest absolute Gasteiger partial charge is 0.479 e. The Balaban J connectivity index is 2.78. The average Bonchev–Trinajstić information content (AvgIpc) is 2.76. The van der Waals surface area contributed by atoms with Crippen molar-refractivity contribution in [1.29, 1.82) is 0 Å². The van der Waals surface area contributed by atoms with Gasteiger partial charge in [-0.15, -0.1) is 0 Å². The van der Waals surface area contributed by atoms with Crippen LogP contribution in [0, 0.1) is 5.92 Å². The molecule has 5 N–H and O–H groups in total. The first-order chi connectivity index (χ1) is 9.27. The molecular formula is C12H21N3O4S. The maximum absolute atomic E-state index is 12.2. The number of hydrogen-bond donors (Lipinski definition) is 4. The number of carbonyl (C=O) groups excluding carboxylic acids is 2. The Kier molecular flexibility index (Phi) is 5.67. The van der Waals surface area contributed by atoms with Crippen molar-refractivity contribution in [1.82, 2.24) is 10.6 Å². The highest BCUT2D eigenvalue weighted by Gasteiger charge is 2.44. The highest BCUT2D eigenvalue weighted by Crippen LogP contribution is 2.28. The first kappa shape index (κ1) is 16.6. The number of rotatable bonds is 6. The zero-order valence-corrected chi connectivity index (χ0v) is 12.5. The highest BCUT2D eigenvalue weighted by molar-refractivity contribution is 7.99. The average molecular weight is 303 g/mol. The van der Waals surface area contributed by atoms with E-state index in [0.717, 1.165) is 0 Å². The third kappa shape index (κ3) is 4.29. The minimum absolute atomic E-state index is 0.163. The minimum Gasteiger partial charge on any atom is -0.479 e. The Morgan fingerprint density at radius 1 is 1.40 bits per heavy atom. The van der Waals surface area contributed by atoms with Crippen molar-refractivity contribution in [2.24, 2.45) is 11.7 Å². The predicted octanol–water partition coefficient (Wildman–Crippen LogP) is 0.146. The number of nitrogens with one attached hydrogen (secondary N) is 2. The van der Waals surface area contributed by atoms with Gasteiger partial charge in [0.2, 0.25) is 5.91 Å². The van der Waals surface area contributed by atoms with Crippen LogP contribution in [-0.4, -0.2) is 46.1 Å². The Labute approximate surface area is 122 Å². The molecule has 0 aliphatic carbocycles. The summed E-state index contributed by atoms with van der Waals surface area (Å²) in [5.74, 6) is -0.360. The number of amides is 3. The molecule has 1 rings (SSSR count). The number of carboxylic acid groups (broad SMARTS) is 1. The van der Waals surface area contributed by atoms with Crippen LogP contribution in [0.25, 0.3) is 0 Å². The van der Waals surface area contributed by atoms with Crippen LogP contribution in [0.5, 0.6) is 0 Å². The quantitative estimate of drug-likeness (QED) is 0.556. The lowest BCUT2D eigenvalue weighted by Crippen LogP contribution is -2.60. The number of hydrogen-bond acceptors (Lipinski definition) is 4. The molecule has 1 fully saturated rings. The second kappa shape index (κ2) is 6.83. The van der Waals surface area contributed by atoms with Crippen LogP contribution in [-0.2, 0) is 9.59 Å². The van der Waals surface area contributed by atoms with E-state index in [1.807, 2.05) is 13.8 Å². The number of carboxylic acids is 1. The monoisotopic (exact) mass is 303 g/mol. The van der Waals surface area contributed by atoms with Crippen molar-refractivity contribution >= 4 is 29.7 Å². The topological polar surface area (TPSA) is 122 Å². The molecule has 20 heavy (non-hydrogen) atoms. The van der Waals surface area contributed by atoms with E-state index in [9.17, 15) is 19.5 Å². The van der Waals surface area contributed by atoms with Gasteiger partial charge < -0.3 is 21.5 Å². The summed E-state index contributed by atoms with van der Waals surface area (Å²) in [5, 5.41) is 14.3. The second-order valence-electron chi connectivity index (χ2n) is 5.37. The summed E-state index contributed by atoms with van der Waals surface area (Å²) in [6, 6.07) is -1.61. The fourth-order valence-electron chi connectivity index (χ4n) is 2.08. The van der Waals surface area contributed by atoms with E-state index < -0.39 is 29.5 Å². The van der Waals surface area contributed by atoms with Crippen molar-refractivity contribution in [3.05, 3.63) is 0 Å². The molecule has 1 aliphatic rings. The molecule has 3 amide bonds. The van der Waals surface area contributed by atoms with Gasteiger partial charge in [-0.3, -0.25) is 4.79 Å². The van der Waals surface area contributed by atoms with Gasteiger partial charge in [0.15, 0.2) is 0 Å². The van der Waals surface area contributed by atoms with Gasteiger partial charge in [0, 0.05) is 5.75 Å². The first-order valence-corrected chi connectivity index (χ1v) is 7.61. The summed E-state index contributed by atoms with van der Waals surface area (Å²) in [4.78, 5) is 34.6. The lowest BCUT2D eigenvalue weighted by molar-refractivity contribution is -0.146. The summed E-state index contributed by atoms with van der Waals surface area (Å²) in [6.07, 6.45) is 0.779. The fourth-order valence-corrected chi connectivity index (χ4v) is 3.41. The SMILES string of the molecule is CC(C)CC(NC(N)=O)C(=O)NC1(C(=O)O)CCSC1. The number of nitrogens with two attached hydrogens (primary N) is 1. The van der Waals surface area contributed by atoms with Crippen LogP contribution in [0.3, 0.4) is 0 Å². The molecule has 1 aliphatic heterocycles. The number of urea groups is 1. The Morgan fingerprint density at radius 2 is 2.05 bits per heavy atom. The van der Waals surface area contributed by atoms with E-state index in [4.69, 9.17) is 5.73 Å². The molecule has 2 atom stereocenters. The Bertz CT molecular complexity index is 394. The Morgan fingerprint density at radius 3 is 2.45 bits per heavy atom. The molecule has 0 radical (unpaired) electrons. The molecule has 0 aromatic heterocycles. The fraction of sp³-hybridized carbons (Fsp3) is 0.750. The number of aliphatic carboxylic acids is 1. The van der Waals surface area contributed by atoms with E-state index >= 15 is 0 Å². The van der Waals surface area contributed by atoms with Crippen molar-refractivity contribution in [3.8, 4) is 0 Å². The summed E-state index contributed by atoms with van der Waals surface area (Å²) in [5.41, 5.74) is 3.82. The third-order valence-corrected chi connectivity index (χ3v) is 4.32. The predicted molar refractivity (Wildman–Crippen MR) is 76.4 cm³/mol. The molecule has 1 saturated heterocycles. The first-order valence-electron chi connectivity index (χ1n) is 6.46. The van der Waals surface area contributed by atoms with Gasteiger partial charge in [-0.1, -0.05) is 13.8 Å². The van der Waals surface area contributed by atoms with Crippen molar-refractivity contribution in [2.75, 3.05) is 11.5 Å². The normalized spacial score (nSPS) is 23.4. The number of primary amides is 1. The van der Waals surface area contributed by atoms with Crippen molar-refractivity contribution in [2.45, 2.75) is 38.3 Å². The van der Waals surface area contributed by atoms with Crippen molar-refractivity contribution in [3.63, 3.8) is 0 Å². The smallest absolute Gasteiger partial charge is 0.330 e. The van der Waals surface area contributed by atoms with Crippen LogP contribution < -0.4 is 16.4 Å². The molecule has 8 heteroatoms. The zero-order chi connectivity index (χ0) is 15.3. The van der Waals surface area contributed by atoms with Crippen LogP contribution in [0.4, 0.5) is 4.79 Å². The molecule has 0 saturated carbocycles. The van der Waals surface area contributed by atoms with Crippen LogP contribution >= 0.6 is 11.8 Å². The van der Waals surface area contributed by atoms with E-state index in [2.05, 4.69) is 10.6 Å². The maximum Gasteiger partial charge on any atom is 0.330 e. The molecule has 0 spiro atoms. The molecule has 2 unspecified atom stereocenters. The van der Waals surface area contributed by atoms with Gasteiger partial charge in [0.1, 0.15) is 11.6 Å². The maximum atomic E-state index is 12.2. The van der Waals surface area contributed by atoms with Crippen LogP contribution in [0.2, 0.25) is 0 Å². The van der Waals surface area contributed by atoms with Gasteiger partial charge in [0.25, 0.3) is 0 Å². The van der Waals surface area contributed by atoms with Gasteiger partial charge in [-0.25, -0.2) is 9.59 Å². The van der Waals surface area contributed by atoms with Gasteiger partial charge in [0.05, 0.1) is 0 Å². The summed E-state index contributed by atoms with van der Waals surface area (Å²) >= 11 is 1.48. The molecule has 1 heterocycles. The molecule has 7 nitrogen and oxygen atoms in total. The van der Waals surface area contributed by atoms with Gasteiger partial charge in [-0.05, 0) is 24.5 Å². The number of carbonyl (C=O) groups is 3. The zero-order valence-electron chi connectivity index (χ0n) is 11.6. The lowest BCUT2D eigenvalue weighted by atomic mass is 9.97. The molecule has 0 bridgehead atoms. The Hall–Kier alpha value is -1.44. The van der Waals surface area contributed by atoms with E-state index in [-0.39, 0.29) is 5.92 Å². The lowest BCUT2D eigenvalue weighted by Gasteiger charge is -2.28. The number of thioether (sulfide) groups is 1. The van der Waals surface area contributed by atoms with Gasteiger partial charge in [-0.2, -0.15) is 11.8 Å². The second-order valence-corrected chi connectivity index (χ2v) is 6.47. The van der Waals surface area contributed by atoms with Crippen LogP contribution in [0.1, 0.15) is 26.7 Å². The van der Waals surface area contributed by atoms with Crippen molar-refractivity contribution < 1.29 is 19.5 Å². The van der Waals surface area contributed by atoms with Crippen LogP contribution in [0.15, 0.2) is 0 Å². The third-order valence-electron chi connectivity index (χ3n) is 3.13. The molecule has 0 aromatic carbocycles. The molecule has 0 aromatic rings. The summed E-state index contributed by atoms with van der Waals surface area (Å²) < 4.78 is 0. The minimum atomic E-state index is -1.24. The van der Waals surface area contributed by atoms with E-state index in [1.165, 1.54) is 11.8 Å².